The quantitative estimate of drug-likeness (QED) is 0.323. The zero-order valence-corrected chi connectivity index (χ0v) is 21.0. The Balaban J connectivity index is 1.48. The smallest absolute Gasteiger partial charge is 0.331 e. The molecule has 9 heteroatoms. The summed E-state index contributed by atoms with van der Waals surface area (Å²) in [5.74, 6) is 0.111. The number of hydrogen-bond donors (Lipinski definition) is 3. The third kappa shape index (κ3) is 5.88. The number of carbonyl (C=O) groups excluding carboxylic acids is 1. The highest BCUT2D eigenvalue weighted by Crippen LogP contribution is 2.22. The minimum atomic E-state index is -0.326. The summed E-state index contributed by atoms with van der Waals surface area (Å²) in [7, 11) is 0. The molecule has 2 aromatic carbocycles. The van der Waals surface area contributed by atoms with E-state index in [1.807, 2.05) is 45.0 Å². The lowest BCUT2D eigenvalue weighted by Gasteiger charge is -2.19. The van der Waals surface area contributed by atoms with Gasteiger partial charge in [-0.2, -0.15) is 5.26 Å². The van der Waals surface area contributed by atoms with Gasteiger partial charge in [-0.05, 0) is 57.4 Å². The molecular formula is C28H29N5O4. The van der Waals surface area contributed by atoms with Crippen LogP contribution in [0.4, 0.5) is 0 Å². The van der Waals surface area contributed by atoms with Crippen LogP contribution >= 0.6 is 0 Å². The highest BCUT2D eigenvalue weighted by molar-refractivity contribution is 5.95. The van der Waals surface area contributed by atoms with Crippen molar-refractivity contribution in [2.75, 3.05) is 6.61 Å². The lowest BCUT2D eigenvalue weighted by Crippen LogP contribution is -2.37. The Kier molecular flexibility index (Phi) is 7.70. The molecule has 1 amide bonds. The van der Waals surface area contributed by atoms with Crippen LogP contribution in [0.1, 0.15) is 47.3 Å². The third-order valence-electron chi connectivity index (χ3n) is 5.96. The Morgan fingerprint density at radius 2 is 2.00 bits per heavy atom. The number of rotatable bonds is 9. The molecule has 0 aliphatic heterocycles. The number of aromatic amines is 1. The maximum absolute atomic E-state index is 12.9. The number of hydrogen-bond acceptors (Lipinski definition) is 6. The van der Waals surface area contributed by atoms with Crippen LogP contribution < -0.4 is 15.7 Å². The average molecular weight is 500 g/mol. The van der Waals surface area contributed by atoms with Gasteiger partial charge in [-0.25, -0.2) is 9.78 Å². The van der Waals surface area contributed by atoms with Crippen molar-refractivity contribution in [1.82, 2.24) is 19.7 Å². The third-order valence-corrected chi connectivity index (χ3v) is 5.96. The Morgan fingerprint density at radius 1 is 1.24 bits per heavy atom. The maximum Gasteiger partial charge on any atom is 0.331 e. The fourth-order valence-corrected chi connectivity index (χ4v) is 4.12. The fraction of sp³-hybridized carbons (Fsp3) is 0.286. The van der Waals surface area contributed by atoms with Gasteiger partial charge in [0.1, 0.15) is 17.5 Å². The molecule has 3 N–H and O–H groups in total. The minimum absolute atomic E-state index is 0.0806. The number of nitrogens with one attached hydrogen (secondary N) is 2. The van der Waals surface area contributed by atoms with E-state index in [4.69, 9.17) is 4.74 Å². The van der Waals surface area contributed by atoms with Crippen LogP contribution in [0.2, 0.25) is 0 Å². The standard InChI is InChI=1S/C28H29N5O4/c1-17(2)37-25-9-8-21(13-22(25)14-29)27(35)31-23(10-11-34)12-19-4-6-20(7-5-19)24-16-33-26(32-24)18(3)15-30-28(33)36/h4-9,13,15-17,23,34H,10-12H2,1-3H3,(H,30,36)(H,31,35)/t23-/m1/s1. The van der Waals surface area contributed by atoms with Gasteiger partial charge in [-0.3, -0.25) is 9.20 Å². The number of aromatic nitrogens is 3. The molecule has 2 heterocycles. The highest BCUT2D eigenvalue weighted by Gasteiger charge is 2.17. The molecule has 1 atom stereocenters. The number of ether oxygens (including phenoxy) is 1. The van der Waals surface area contributed by atoms with Gasteiger partial charge in [-0.1, -0.05) is 24.3 Å². The van der Waals surface area contributed by atoms with Crippen LogP contribution in [-0.4, -0.2) is 44.1 Å². The molecule has 0 aliphatic carbocycles. The first kappa shape index (κ1) is 25.7. The van der Waals surface area contributed by atoms with E-state index in [9.17, 15) is 20.0 Å². The molecule has 190 valence electrons. The van der Waals surface area contributed by atoms with Crippen molar-refractivity contribution in [3.8, 4) is 23.1 Å². The molecule has 37 heavy (non-hydrogen) atoms. The summed E-state index contributed by atoms with van der Waals surface area (Å²) in [6, 6.07) is 14.3. The Morgan fingerprint density at radius 3 is 2.65 bits per heavy atom. The van der Waals surface area contributed by atoms with Crippen molar-refractivity contribution in [1.29, 1.82) is 5.26 Å². The van der Waals surface area contributed by atoms with Gasteiger partial charge in [0, 0.05) is 41.7 Å². The molecule has 0 bridgehead atoms. The summed E-state index contributed by atoms with van der Waals surface area (Å²) in [5.41, 5.74) is 4.39. The van der Waals surface area contributed by atoms with E-state index in [0.29, 0.717) is 41.1 Å². The van der Waals surface area contributed by atoms with E-state index >= 15 is 0 Å². The van der Waals surface area contributed by atoms with Gasteiger partial charge < -0.3 is 20.1 Å². The number of amides is 1. The number of imidazole rings is 1. The van der Waals surface area contributed by atoms with Crippen LogP contribution in [0.5, 0.6) is 5.75 Å². The fourth-order valence-electron chi connectivity index (χ4n) is 4.12. The molecule has 0 unspecified atom stereocenters. The Bertz CT molecular complexity index is 1510. The zero-order valence-electron chi connectivity index (χ0n) is 21.0. The van der Waals surface area contributed by atoms with Crippen molar-refractivity contribution in [2.45, 2.75) is 45.8 Å². The summed E-state index contributed by atoms with van der Waals surface area (Å²) in [6.07, 6.45) is 4.14. The van der Waals surface area contributed by atoms with Crippen LogP contribution in [0, 0.1) is 18.3 Å². The van der Waals surface area contributed by atoms with E-state index < -0.39 is 0 Å². The van der Waals surface area contributed by atoms with Crippen molar-refractivity contribution in [3.05, 3.63) is 87.6 Å². The molecule has 0 spiro atoms. The van der Waals surface area contributed by atoms with E-state index in [2.05, 4.69) is 21.4 Å². The lowest BCUT2D eigenvalue weighted by atomic mass is 10.0. The van der Waals surface area contributed by atoms with Gasteiger partial charge in [-0.15, -0.1) is 0 Å². The summed E-state index contributed by atoms with van der Waals surface area (Å²) >= 11 is 0. The van der Waals surface area contributed by atoms with Crippen LogP contribution in [0.15, 0.2) is 59.7 Å². The molecular weight excluding hydrogens is 470 g/mol. The molecule has 0 radical (unpaired) electrons. The number of aryl methyl sites for hydroxylation is 1. The molecule has 9 nitrogen and oxygen atoms in total. The minimum Gasteiger partial charge on any atom is -0.490 e. The summed E-state index contributed by atoms with van der Waals surface area (Å²) in [6.45, 7) is 5.54. The topological polar surface area (TPSA) is 133 Å². The molecule has 0 saturated carbocycles. The molecule has 4 rings (SSSR count). The van der Waals surface area contributed by atoms with Gasteiger partial charge in [0.2, 0.25) is 0 Å². The van der Waals surface area contributed by atoms with Gasteiger partial charge in [0.25, 0.3) is 5.91 Å². The van der Waals surface area contributed by atoms with E-state index in [0.717, 1.165) is 16.7 Å². The number of aliphatic hydroxyl groups is 1. The number of nitrogens with zero attached hydrogens (tertiary/aromatic N) is 3. The lowest BCUT2D eigenvalue weighted by molar-refractivity contribution is 0.0930. The number of fused-ring (bicyclic) bond motifs is 1. The zero-order chi connectivity index (χ0) is 26.5. The van der Waals surface area contributed by atoms with Crippen molar-refractivity contribution in [3.63, 3.8) is 0 Å². The predicted octanol–water partition coefficient (Wildman–Crippen LogP) is 3.38. The second-order valence-corrected chi connectivity index (χ2v) is 9.17. The Hall–Kier alpha value is -4.42. The molecule has 4 aromatic rings. The van der Waals surface area contributed by atoms with Crippen molar-refractivity contribution in [2.24, 2.45) is 0 Å². The monoisotopic (exact) mass is 499 g/mol. The largest absolute Gasteiger partial charge is 0.490 e. The molecule has 0 aliphatic rings. The summed E-state index contributed by atoms with van der Waals surface area (Å²) in [5, 5.41) is 22.0. The first-order valence-corrected chi connectivity index (χ1v) is 12.1. The number of H-pyrrole nitrogens is 1. The van der Waals surface area contributed by atoms with E-state index in [1.54, 1.807) is 24.5 Å². The average Bonchev–Trinajstić information content (AvgIpc) is 3.34. The number of carbonyl (C=O) groups is 1. The second-order valence-electron chi connectivity index (χ2n) is 9.17. The number of nitriles is 1. The second kappa shape index (κ2) is 11.1. The van der Waals surface area contributed by atoms with Crippen LogP contribution in [0.25, 0.3) is 16.9 Å². The number of benzene rings is 2. The molecule has 0 fully saturated rings. The van der Waals surface area contributed by atoms with E-state index in [-0.39, 0.29) is 30.3 Å². The van der Waals surface area contributed by atoms with Gasteiger partial charge in [0.15, 0.2) is 0 Å². The first-order chi connectivity index (χ1) is 17.8. The van der Waals surface area contributed by atoms with Crippen LogP contribution in [0.3, 0.4) is 0 Å². The number of aliphatic hydroxyl groups excluding tert-OH is 1. The maximum atomic E-state index is 12.9. The molecule has 2 aromatic heterocycles. The van der Waals surface area contributed by atoms with Gasteiger partial charge >= 0.3 is 5.69 Å². The van der Waals surface area contributed by atoms with Gasteiger partial charge in [0.05, 0.1) is 17.4 Å². The normalized spacial score (nSPS) is 11.9. The van der Waals surface area contributed by atoms with Crippen molar-refractivity contribution >= 4 is 11.6 Å². The van der Waals surface area contributed by atoms with Crippen LogP contribution in [-0.2, 0) is 6.42 Å². The summed E-state index contributed by atoms with van der Waals surface area (Å²) in [4.78, 5) is 32.3. The summed E-state index contributed by atoms with van der Waals surface area (Å²) < 4.78 is 7.12. The molecule has 0 saturated heterocycles. The highest BCUT2D eigenvalue weighted by atomic mass is 16.5. The van der Waals surface area contributed by atoms with Crippen molar-refractivity contribution < 1.29 is 14.6 Å². The Labute approximate surface area is 214 Å². The van der Waals surface area contributed by atoms with E-state index in [1.165, 1.54) is 10.5 Å². The first-order valence-electron chi connectivity index (χ1n) is 12.1. The predicted molar refractivity (Wildman–Crippen MR) is 140 cm³/mol. The SMILES string of the molecule is Cc1c[nH]c(=O)n2cc(-c3ccc(C[C@@H](CCO)NC(=O)c4ccc(OC(C)C)c(C#N)c4)cc3)nc12.